The second kappa shape index (κ2) is 7.91. The van der Waals surface area contributed by atoms with Gasteiger partial charge in [0.2, 0.25) is 0 Å². The minimum Gasteiger partial charge on any atom is -0.493 e. The number of carbonyl (C=O) groups excluding carboxylic acids is 1. The molecule has 0 saturated carbocycles. The van der Waals surface area contributed by atoms with Gasteiger partial charge in [-0.3, -0.25) is 4.79 Å². The SMILES string of the molecule is COc1ccc(CCC(=O)OCc2c(C)nc3ccccn23)cc1OC. The summed E-state index contributed by atoms with van der Waals surface area (Å²) in [6, 6.07) is 11.4. The predicted molar refractivity (Wildman–Crippen MR) is 97.6 cm³/mol. The number of benzene rings is 1. The lowest BCUT2D eigenvalue weighted by Crippen LogP contribution is -2.08. The van der Waals surface area contributed by atoms with Gasteiger partial charge in [0.15, 0.2) is 11.5 Å². The van der Waals surface area contributed by atoms with Crippen LogP contribution in [0.4, 0.5) is 0 Å². The number of methoxy groups -OCH3 is 2. The smallest absolute Gasteiger partial charge is 0.306 e. The highest BCUT2D eigenvalue weighted by Gasteiger charge is 2.12. The van der Waals surface area contributed by atoms with Crippen LogP contribution in [-0.2, 0) is 22.6 Å². The summed E-state index contributed by atoms with van der Waals surface area (Å²) in [6.45, 7) is 2.13. The number of nitrogens with zero attached hydrogens (tertiary/aromatic N) is 2. The number of aryl methyl sites for hydroxylation is 2. The molecule has 0 unspecified atom stereocenters. The van der Waals surface area contributed by atoms with E-state index >= 15 is 0 Å². The largest absolute Gasteiger partial charge is 0.493 e. The molecule has 0 atom stereocenters. The number of pyridine rings is 1. The van der Waals surface area contributed by atoms with Crippen LogP contribution in [-0.4, -0.2) is 29.6 Å². The molecule has 1 aromatic carbocycles. The van der Waals surface area contributed by atoms with Crippen molar-refractivity contribution in [2.45, 2.75) is 26.4 Å². The lowest BCUT2D eigenvalue weighted by molar-refractivity contribution is -0.145. The van der Waals surface area contributed by atoms with Gasteiger partial charge < -0.3 is 18.6 Å². The molecular formula is C20H22N2O4. The van der Waals surface area contributed by atoms with E-state index < -0.39 is 0 Å². The number of hydrogen-bond acceptors (Lipinski definition) is 5. The van der Waals surface area contributed by atoms with Gasteiger partial charge in [0.25, 0.3) is 0 Å². The zero-order valence-electron chi connectivity index (χ0n) is 15.2. The number of fused-ring (bicyclic) bond motifs is 1. The highest BCUT2D eigenvalue weighted by atomic mass is 16.5. The zero-order valence-corrected chi connectivity index (χ0v) is 15.2. The molecule has 6 nitrogen and oxygen atoms in total. The average Bonchev–Trinajstić information content (AvgIpc) is 2.99. The Morgan fingerprint density at radius 2 is 1.92 bits per heavy atom. The van der Waals surface area contributed by atoms with Crippen molar-refractivity contribution in [3.05, 3.63) is 59.5 Å². The molecule has 0 fully saturated rings. The number of imidazole rings is 1. The minimum atomic E-state index is -0.245. The van der Waals surface area contributed by atoms with Crippen molar-refractivity contribution in [3.8, 4) is 11.5 Å². The molecule has 0 radical (unpaired) electrons. The van der Waals surface area contributed by atoms with Gasteiger partial charge in [-0.2, -0.15) is 0 Å². The first kappa shape index (κ1) is 17.8. The van der Waals surface area contributed by atoms with Crippen molar-refractivity contribution in [2.24, 2.45) is 0 Å². The standard InChI is InChI=1S/C20H22N2O4/c1-14-16(22-11-5-4-6-19(22)21-14)13-26-20(23)10-8-15-7-9-17(24-2)18(12-15)25-3/h4-7,9,11-12H,8,10,13H2,1-3H3. The molecule has 6 heteroatoms. The first-order valence-corrected chi connectivity index (χ1v) is 8.41. The molecule has 0 N–H and O–H groups in total. The fourth-order valence-electron chi connectivity index (χ4n) is 2.84. The molecule has 0 bridgehead atoms. The molecule has 0 aliphatic carbocycles. The molecule has 3 rings (SSSR count). The molecule has 2 aromatic heterocycles. The second-order valence-electron chi connectivity index (χ2n) is 5.92. The van der Waals surface area contributed by atoms with Crippen LogP contribution in [0.3, 0.4) is 0 Å². The summed E-state index contributed by atoms with van der Waals surface area (Å²) in [5, 5.41) is 0. The van der Waals surface area contributed by atoms with E-state index in [1.807, 2.05) is 53.9 Å². The Bertz CT molecular complexity index is 917. The highest BCUT2D eigenvalue weighted by Crippen LogP contribution is 2.28. The maximum atomic E-state index is 12.1. The van der Waals surface area contributed by atoms with E-state index in [2.05, 4.69) is 4.98 Å². The summed E-state index contributed by atoms with van der Waals surface area (Å²) in [5.41, 5.74) is 3.59. The van der Waals surface area contributed by atoms with Crippen LogP contribution in [0, 0.1) is 6.92 Å². The topological polar surface area (TPSA) is 62.1 Å². The molecule has 136 valence electrons. The first-order valence-electron chi connectivity index (χ1n) is 8.41. The van der Waals surface area contributed by atoms with Gasteiger partial charge >= 0.3 is 5.97 Å². The van der Waals surface area contributed by atoms with Crippen molar-refractivity contribution in [3.63, 3.8) is 0 Å². The van der Waals surface area contributed by atoms with E-state index in [0.717, 1.165) is 22.6 Å². The van der Waals surface area contributed by atoms with Crippen molar-refractivity contribution < 1.29 is 19.0 Å². The second-order valence-corrected chi connectivity index (χ2v) is 5.92. The van der Waals surface area contributed by atoms with Crippen LogP contribution in [0.5, 0.6) is 11.5 Å². The van der Waals surface area contributed by atoms with Gasteiger partial charge in [-0.1, -0.05) is 12.1 Å². The van der Waals surface area contributed by atoms with Crippen LogP contribution < -0.4 is 9.47 Å². The van der Waals surface area contributed by atoms with E-state index in [9.17, 15) is 4.79 Å². The summed E-state index contributed by atoms with van der Waals surface area (Å²) in [6.07, 6.45) is 2.79. The Hall–Kier alpha value is -3.02. The van der Waals surface area contributed by atoms with E-state index in [4.69, 9.17) is 14.2 Å². The van der Waals surface area contributed by atoms with E-state index in [-0.39, 0.29) is 12.6 Å². The fraction of sp³-hybridized carbons (Fsp3) is 0.300. The number of aromatic nitrogens is 2. The van der Waals surface area contributed by atoms with Gasteiger partial charge in [-0.15, -0.1) is 0 Å². The van der Waals surface area contributed by atoms with Crippen LogP contribution in [0.2, 0.25) is 0 Å². The Labute approximate surface area is 152 Å². The van der Waals surface area contributed by atoms with E-state index in [0.29, 0.717) is 24.3 Å². The van der Waals surface area contributed by atoms with Gasteiger partial charge in [0, 0.05) is 12.6 Å². The zero-order chi connectivity index (χ0) is 18.5. The quantitative estimate of drug-likeness (QED) is 0.609. The van der Waals surface area contributed by atoms with Crippen molar-refractivity contribution in [1.82, 2.24) is 9.38 Å². The maximum Gasteiger partial charge on any atom is 0.306 e. The monoisotopic (exact) mass is 354 g/mol. The van der Waals surface area contributed by atoms with Gasteiger partial charge in [0.1, 0.15) is 12.3 Å². The molecule has 0 amide bonds. The van der Waals surface area contributed by atoms with Crippen molar-refractivity contribution in [1.29, 1.82) is 0 Å². The van der Waals surface area contributed by atoms with Crippen LogP contribution >= 0.6 is 0 Å². The third-order valence-electron chi connectivity index (χ3n) is 4.26. The Morgan fingerprint density at radius 3 is 2.69 bits per heavy atom. The van der Waals surface area contributed by atoms with Gasteiger partial charge in [-0.25, -0.2) is 4.98 Å². The number of rotatable bonds is 7. The third-order valence-corrected chi connectivity index (χ3v) is 4.26. The van der Waals surface area contributed by atoms with Crippen LogP contribution in [0.1, 0.15) is 23.4 Å². The highest BCUT2D eigenvalue weighted by molar-refractivity contribution is 5.69. The normalized spacial score (nSPS) is 10.7. The Kier molecular flexibility index (Phi) is 5.41. The summed E-state index contributed by atoms with van der Waals surface area (Å²) in [7, 11) is 3.19. The molecule has 0 aliphatic heterocycles. The van der Waals surface area contributed by atoms with Crippen LogP contribution in [0.15, 0.2) is 42.6 Å². The average molecular weight is 354 g/mol. The molecular weight excluding hydrogens is 332 g/mol. The summed E-state index contributed by atoms with van der Waals surface area (Å²) >= 11 is 0. The molecule has 2 heterocycles. The van der Waals surface area contributed by atoms with E-state index in [1.54, 1.807) is 14.2 Å². The molecule has 0 spiro atoms. The number of hydrogen-bond donors (Lipinski definition) is 0. The Balaban J connectivity index is 1.58. The van der Waals surface area contributed by atoms with Crippen molar-refractivity contribution in [2.75, 3.05) is 14.2 Å². The van der Waals surface area contributed by atoms with Crippen molar-refractivity contribution >= 4 is 11.6 Å². The molecule has 26 heavy (non-hydrogen) atoms. The molecule has 0 saturated heterocycles. The molecule has 3 aromatic rings. The summed E-state index contributed by atoms with van der Waals surface area (Å²) in [4.78, 5) is 16.6. The molecule has 0 aliphatic rings. The Morgan fingerprint density at radius 1 is 1.12 bits per heavy atom. The number of ether oxygens (including phenoxy) is 3. The summed E-state index contributed by atoms with van der Waals surface area (Å²) in [5.74, 6) is 1.08. The van der Waals surface area contributed by atoms with Crippen LogP contribution in [0.25, 0.3) is 5.65 Å². The lowest BCUT2D eigenvalue weighted by Gasteiger charge is -2.10. The van der Waals surface area contributed by atoms with Gasteiger partial charge in [-0.05, 0) is 43.2 Å². The maximum absolute atomic E-state index is 12.1. The minimum absolute atomic E-state index is 0.210. The number of esters is 1. The first-order chi connectivity index (χ1) is 12.6. The summed E-state index contributed by atoms with van der Waals surface area (Å²) < 4.78 is 17.9. The third kappa shape index (κ3) is 3.79. The number of carbonyl (C=O) groups is 1. The predicted octanol–water partition coefficient (Wildman–Crippen LogP) is 3.34. The lowest BCUT2D eigenvalue weighted by atomic mass is 10.1. The van der Waals surface area contributed by atoms with E-state index in [1.165, 1.54) is 0 Å². The fourth-order valence-corrected chi connectivity index (χ4v) is 2.84. The van der Waals surface area contributed by atoms with Gasteiger partial charge in [0.05, 0.1) is 25.6 Å².